The number of methoxy groups -OCH3 is 1. The van der Waals surface area contributed by atoms with E-state index in [4.69, 9.17) is 21.1 Å². The van der Waals surface area contributed by atoms with E-state index in [0.717, 1.165) is 17.7 Å². The summed E-state index contributed by atoms with van der Waals surface area (Å²) in [7, 11) is 1.62. The Bertz CT molecular complexity index is 715. The standard InChI is InChI=1S/C21H25ClFNO2/c1-25-20-11-16(13-24-18-5-3-2-4-6-18)19(22)12-21(20)26-14-15-7-9-17(23)10-8-15/h7-12,18,24H,2-6,13-14H2,1H3. The molecule has 0 aromatic heterocycles. The van der Waals surface area contributed by atoms with Gasteiger partial charge in [-0.3, -0.25) is 0 Å². The van der Waals surface area contributed by atoms with Crippen molar-refractivity contribution in [3.05, 3.63) is 58.4 Å². The van der Waals surface area contributed by atoms with E-state index in [2.05, 4.69) is 5.32 Å². The van der Waals surface area contributed by atoms with Gasteiger partial charge in [0.15, 0.2) is 11.5 Å². The molecule has 0 atom stereocenters. The Morgan fingerprint density at radius 2 is 1.81 bits per heavy atom. The molecule has 2 aromatic rings. The maximum atomic E-state index is 13.0. The molecule has 0 saturated heterocycles. The number of hydrogen-bond acceptors (Lipinski definition) is 3. The van der Waals surface area contributed by atoms with E-state index >= 15 is 0 Å². The normalized spacial score (nSPS) is 15.0. The summed E-state index contributed by atoms with van der Waals surface area (Å²) in [5, 5.41) is 4.25. The zero-order valence-electron chi connectivity index (χ0n) is 15.1. The molecule has 0 spiro atoms. The Morgan fingerprint density at radius 3 is 2.50 bits per heavy atom. The zero-order valence-corrected chi connectivity index (χ0v) is 15.8. The summed E-state index contributed by atoms with van der Waals surface area (Å²) in [6.45, 7) is 1.05. The van der Waals surface area contributed by atoms with Crippen LogP contribution in [0.25, 0.3) is 0 Å². The highest BCUT2D eigenvalue weighted by molar-refractivity contribution is 6.31. The average molecular weight is 378 g/mol. The predicted octanol–water partition coefficient (Wildman–Crippen LogP) is 5.49. The summed E-state index contributed by atoms with van der Waals surface area (Å²) in [5.74, 6) is 0.976. The van der Waals surface area contributed by atoms with Gasteiger partial charge in [0, 0.05) is 23.7 Å². The number of nitrogens with one attached hydrogen (secondary N) is 1. The third kappa shape index (κ3) is 5.12. The highest BCUT2D eigenvalue weighted by Gasteiger charge is 2.15. The Balaban J connectivity index is 1.64. The molecule has 26 heavy (non-hydrogen) atoms. The zero-order chi connectivity index (χ0) is 18.4. The quantitative estimate of drug-likeness (QED) is 0.692. The Morgan fingerprint density at radius 1 is 1.08 bits per heavy atom. The Labute approximate surface area is 159 Å². The van der Waals surface area contributed by atoms with E-state index in [1.165, 1.54) is 44.2 Å². The highest BCUT2D eigenvalue weighted by atomic mass is 35.5. The summed E-state index contributed by atoms with van der Waals surface area (Å²) in [6.07, 6.45) is 6.39. The second-order valence-electron chi connectivity index (χ2n) is 6.73. The van der Waals surface area contributed by atoms with Gasteiger partial charge >= 0.3 is 0 Å². The van der Waals surface area contributed by atoms with Crippen LogP contribution in [-0.4, -0.2) is 13.2 Å². The van der Waals surface area contributed by atoms with Crippen molar-refractivity contribution in [1.29, 1.82) is 0 Å². The molecule has 1 aliphatic rings. The van der Waals surface area contributed by atoms with Gasteiger partial charge in [-0.05, 0) is 42.2 Å². The van der Waals surface area contributed by atoms with Crippen LogP contribution in [0.2, 0.25) is 5.02 Å². The molecule has 5 heteroatoms. The van der Waals surface area contributed by atoms with Crippen molar-refractivity contribution in [3.8, 4) is 11.5 Å². The smallest absolute Gasteiger partial charge is 0.163 e. The Kier molecular flexibility index (Phi) is 6.75. The van der Waals surface area contributed by atoms with Gasteiger partial charge in [0.25, 0.3) is 0 Å². The third-order valence-corrected chi connectivity index (χ3v) is 5.18. The van der Waals surface area contributed by atoms with Gasteiger partial charge in [-0.1, -0.05) is 43.0 Å². The van der Waals surface area contributed by atoms with Crippen LogP contribution in [0.5, 0.6) is 11.5 Å². The van der Waals surface area contributed by atoms with Crippen molar-refractivity contribution in [3.63, 3.8) is 0 Å². The molecule has 1 N–H and O–H groups in total. The van der Waals surface area contributed by atoms with Gasteiger partial charge in [0.2, 0.25) is 0 Å². The van der Waals surface area contributed by atoms with Crippen LogP contribution in [0.3, 0.4) is 0 Å². The minimum absolute atomic E-state index is 0.260. The topological polar surface area (TPSA) is 30.5 Å². The number of halogens is 2. The lowest BCUT2D eigenvalue weighted by molar-refractivity contribution is 0.284. The third-order valence-electron chi connectivity index (χ3n) is 4.83. The van der Waals surface area contributed by atoms with E-state index in [1.807, 2.05) is 6.07 Å². The molecule has 0 unspecified atom stereocenters. The monoisotopic (exact) mass is 377 g/mol. The summed E-state index contributed by atoms with van der Waals surface area (Å²) in [6, 6.07) is 10.5. The molecule has 0 amide bonds. The van der Waals surface area contributed by atoms with E-state index < -0.39 is 0 Å². The molecule has 2 aromatic carbocycles. The molecule has 1 aliphatic carbocycles. The fourth-order valence-electron chi connectivity index (χ4n) is 3.29. The van der Waals surface area contributed by atoms with Gasteiger partial charge in [0.05, 0.1) is 7.11 Å². The summed E-state index contributed by atoms with van der Waals surface area (Å²) < 4.78 is 24.3. The SMILES string of the molecule is COc1cc(CNC2CCCCC2)c(Cl)cc1OCc1ccc(F)cc1. The largest absolute Gasteiger partial charge is 0.493 e. The van der Waals surface area contributed by atoms with Gasteiger partial charge in [0.1, 0.15) is 12.4 Å². The molecule has 0 bridgehead atoms. The molecular weight excluding hydrogens is 353 g/mol. The van der Waals surface area contributed by atoms with Crippen molar-refractivity contribution >= 4 is 11.6 Å². The van der Waals surface area contributed by atoms with Crippen LogP contribution < -0.4 is 14.8 Å². The Hall–Kier alpha value is -1.78. The predicted molar refractivity (Wildman–Crippen MR) is 102 cm³/mol. The second kappa shape index (κ2) is 9.24. The van der Waals surface area contributed by atoms with Gasteiger partial charge < -0.3 is 14.8 Å². The van der Waals surface area contributed by atoms with Crippen LogP contribution in [0.15, 0.2) is 36.4 Å². The first-order valence-electron chi connectivity index (χ1n) is 9.13. The highest BCUT2D eigenvalue weighted by Crippen LogP contribution is 2.34. The van der Waals surface area contributed by atoms with Crippen LogP contribution in [0.4, 0.5) is 4.39 Å². The van der Waals surface area contributed by atoms with E-state index in [-0.39, 0.29) is 5.82 Å². The van der Waals surface area contributed by atoms with Crippen molar-refractivity contribution in [2.75, 3.05) is 7.11 Å². The molecule has 140 valence electrons. The number of ether oxygens (including phenoxy) is 2. The summed E-state index contributed by atoms with van der Waals surface area (Å²) >= 11 is 6.45. The van der Waals surface area contributed by atoms with Crippen LogP contribution in [0, 0.1) is 5.82 Å². The lowest BCUT2D eigenvalue weighted by Gasteiger charge is -2.23. The van der Waals surface area contributed by atoms with Crippen molar-refractivity contribution in [1.82, 2.24) is 5.32 Å². The van der Waals surface area contributed by atoms with Gasteiger partial charge in [-0.15, -0.1) is 0 Å². The fourth-order valence-corrected chi connectivity index (χ4v) is 3.51. The molecule has 0 radical (unpaired) electrons. The maximum Gasteiger partial charge on any atom is 0.163 e. The van der Waals surface area contributed by atoms with E-state index in [1.54, 1.807) is 25.3 Å². The van der Waals surface area contributed by atoms with Crippen LogP contribution >= 0.6 is 11.6 Å². The molecule has 3 nitrogen and oxygen atoms in total. The first-order chi connectivity index (χ1) is 12.7. The first-order valence-corrected chi connectivity index (χ1v) is 9.50. The average Bonchev–Trinajstić information content (AvgIpc) is 2.67. The molecule has 3 rings (SSSR count). The molecule has 1 fully saturated rings. The number of hydrogen-bond donors (Lipinski definition) is 1. The lowest BCUT2D eigenvalue weighted by atomic mass is 9.95. The first kappa shape index (κ1) is 19.0. The van der Waals surface area contributed by atoms with Gasteiger partial charge in [-0.2, -0.15) is 0 Å². The lowest BCUT2D eigenvalue weighted by Crippen LogP contribution is -2.30. The molecular formula is C21H25ClFNO2. The van der Waals surface area contributed by atoms with Crippen LogP contribution in [0.1, 0.15) is 43.2 Å². The minimum atomic E-state index is -0.260. The second-order valence-corrected chi connectivity index (χ2v) is 7.13. The fraction of sp³-hybridized carbons (Fsp3) is 0.429. The van der Waals surface area contributed by atoms with E-state index in [9.17, 15) is 4.39 Å². The number of benzene rings is 2. The molecule has 0 heterocycles. The maximum absolute atomic E-state index is 13.0. The van der Waals surface area contributed by atoms with Gasteiger partial charge in [-0.25, -0.2) is 4.39 Å². The molecule has 1 saturated carbocycles. The van der Waals surface area contributed by atoms with Crippen molar-refractivity contribution in [2.24, 2.45) is 0 Å². The van der Waals surface area contributed by atoms with Crippen molar-refractivity contribution < 1.29 is 13.9 Å². The number of rotatable bonds is 7. The summed E-state index contributed by atoms with van der Waals surface area (Å²) in [5.41, 5.74) is 1.89. The van der Waals surface area contributed by atoms with Crippen LogP contribution in [-0.2, 0) is 13.2 Å². The molecule has 0 aliphatic heterocycles. The van der Waals surface area contributed by atoms with E-state index in [0.29, 0.717) is 29.2 Å². The van der Waals surface area contributed by atoms with Crippen molar-refractivity contribution in [2.45, 2.75) is 51.3 Å². The summed E-state index contributed by atoms with van der Waals surface area (Å²) in [4.78, 5) is 0. The minimum Gasteiger partial charge on any atom is -0.493 e.